The van der Waals surface area contributed by atoms with E-state index in [9.17, 15) is 24.3 Å². The van der Waals surface area contributed by atoms with Gasteiger partial charge < -0.3 is 50.7 Å². The van der Waals surface area contributed by atoms with E-state index in [4.69, 9.17) is 30.5 Å². The number of benzene rings is 3. The van der Waals surface area contributed by atoms with Crippen LogP contribution in [-0.4, -0.2) is 103 Å². The molecule has 1 unspecified atom stereocenters. The highest BCUT2D eigenvalue weighted by Gasteiger charge is 2.29. The van der Waals surface area contributed by atoms with Crippen molar-refractivity contribution in [2.75, 3.05) is 68.5 Å². The van der Waals surface area contributed by atoms with Crippen molar-refractivity contribution in [1.82, 2.24) is 10.2 Å². The van der Waals surface area contributed by atoms with E-state index in [0.29, 0.717) is 67.0 Å². The molecule has 7 N–H and O–H groups in total. The molecule has 15 nitrogen and oxygen atoms in total. The van der Waals surface area contributed by atoms with E-state index in [0.717, 1.165) is 51.4 Å². The Hall–Kier alpha value is -5.83. The SMILES string of the molecule is CCN(CC)c1cc(-c2c3ccc(=N)cc-3oc3cc(N)ccc23)c(OC)cc1N(CC)CCCC(=O)NCCCCC(C(=O)O)N(CC(=O)O)CC(=O)O. The highest BCUT2D eigenvalue weighted by atomic mass is 16.5. The van der Waals surface area contributed by atoms with Crippen molar-refractivity contribution >= 4 is 51.8 Å². The Kier molecular flexibility index (Phi) is 14.8. The fraction of sp³-hybridized carbons (Fsp3) is 0.425. The summed E-state index contributed by atoms with van der Waals surface area (Å²) in [5.41, 5.74) is 11.9. The minimum atomic E-state index is -1.32. The summed E-state index contributed by atoms with van der Waals surface area (Å²) in [7, 11) is 1.64. The number of fused-ring (bicyclic) bond motifs is 2. The van der Waals surface area contributed by atoms with Crippen molar-refractivity contribution in [3.8, 4) is 28.2 Å². The van der Waals surface area contributed by atoms with Crippen LogP contribution in [0.25, 0.3) is 33.4 Å². The van der Waals surface area contributed by atoms with Gasteiger partial charge in [-0.15, -0.1) is 0 Å². The summed E-state index contributed by atoms with van der Waals surface area (Å²) in [6.45, 7) is 7.93. The topological polar surface area (TPSA) is 223 Å². The standard InChI is InChI=1S/C40H52N6O9/c1-5-44(6-2)31-21-29(39-27-15-13-25(41)19-34(27)55-35-20-26(42)14-16-28(35)39)33(54-4)22-32(31)45(7-3)18-10-12-36(47)43-17-9-8-11-30(40(52)53)46(23-37(48)49)24-38(50)51/h13-16,19-22,30,41H,5-12,17-18,23-24,42H2,1-4H3,(H,43,47)(H,48,49)(H,50,51)(H,52,53). The molecule has 15 heteroatoms. The Morgan fingerprint density at radius 3 is 2.15 bits per heavy atom. The van der Waals surface area contributed by atoms with Crippen molar-refractivity contribution in [1.29, 1.82) is 5.41 Å². The predicted octanol–water partition coefficient (Wildman–Crippen LogP) is 4.94. The molecular weight excluding hydrogens is 708 g/mol. The van der Waals surface area contributed by atoms with Gasteiger partial charge in [-0.2, -0.15) is 0 Å². The summed E-state index contributed by atoms with van der Waals surface area (Å²) in [4.78, 5) is 52.3. The van der Waals surface area contributed by atoms with Gasteiger partial charge in [-0.05, 0) is 76.8 Å². The van der Waals surface area contributed by atoms with E-state index in [2.05, 4.69) is 42.0 Å². The summed E-state index contributed by atoms with van der Waals surface area (Å²) < 4.78 is 12.3. The predicted molar refractivity (Wildman–Crippen MR) is 211 cm³/mol. The van der Waals surface area contributed by atoms with Crippen LogP contribution in [0.3, 0.4) is 0 Å². The van der Waals surface area contributed by atoms with Gasteiger partial charge >= 0.3 is 17.9 Å². The second-order valence-corrected chi connectivity index (χ2v) is 13.2. The van der Waals surface area contributed by atoms with Crippen molar-refractivity contribution in [2.45, 2.75) is 58.9 Å². The van der Waals surface area contributed by atoms with Crippen LogP contribution in [0.2, 0.25) is 0 Å². The van der Waals surface area contributed by atoms with Gasteiger partial charge in [-0.25, -0.2) is 0 Å². The number of amides is 1. The Morgan fingerprint density at radius 1 is 0.855 bits per heavy atom. The Balaban J connectivity index is 1.50. The quantitative estimate of drug-likeness (QED) is 0.0355. The van der Waals surface area contributed by atoms with Gasteiger partial charge in [0, 0.05) is 85.1 Å². The van der Waals surface area contributed by atoms with Crippen LogP contribution in [0.15, 0.2) is 52.9 Å². The number of carboxylic acid groups (broad SMARTS) is 3. The molecule has 0 saturated carbocycles. The number of nitrogens with zero attached hydrogens (tertiary/aromatic N) is 3. The first-order valence-corrected chi connectivity index (χ1v) is 18.5. The van der Waals surface area contributed by atoms with Gasteiger partial charge in [-0.1, -0.05) is 0 Å². The number of anilines is 3. The zero-order valence-electron chi connectivity index (χ0n) is 31.9. The molecule has 4 rings (SSSR count). The first kappa shape index (κ1) is 41.9. The third-order valence-corrected chi connectivity index (χ3v) is 9.60. The molecule has 1 aliphatic carbocycles. The second-order valence-electron chi connectivity index (χ2n) is 13.2. The van der Waals surface area contributed by atoms with Crippen molar-refractivity contribution < 1.29 is 43.7 Å². The maximum atomic E-state index is 12.8. The largest absolute Gasteiger partial charge is 0.496 e. The number of ether oxygens (including phenoxy) is 1. The van der Waals surface area contributed by atoms with Crippen molar-refractivity contribution in [2.24, 2.45) is 0 Å². The van der Waals surface area contributed by atoms with E-state index in [1.54, 1.807) is 25.3 Å². The summed E-state index contributed by atoms with van der Waals surface area (Å²) in [6.07, 6.45) is 1.67. The lowest BCUT2D eigenvalue weighted by Crippen LogP contribution is -2.46. The molecule has 0 bridgehead atoms. The van der Waals surface area contributed by atoms with Crippen LogP contribution in [0.4, 0.5) is 17.1 Å². The number of hydrogen-bond donors (Lipinski definition) is 6. The van der Waals surface area contributed by atoms with Crippen LogP contribution in [-0.2, 0) is 19.2 Å². The second kappa shape index (κ2) is 19.5. The molecule has 1 atom stereocenters. The molecule has 0 aromatic heterocycles. The maximum Gasteiger partial charge on any atom is 0.320 e. The number of hydrogen-bond acceptors (Lipinski definition) is 11. The minimum absolute atomic E-state index is 0.0428. The van der Waals surface area contributed by atoms with Gasteiger partial charge in [0.25, 0.3) is 0 Å². The molecule has 2 aromatic carbocycles. The lowest BCUT2D eigenvalue weighted by atomic mass is 9.92. The van der Waals surface area contributed by atoms with Crippen LogP contribution in [0.1, 0.15) is 52.9 Å². The molecule has 2 aromatic rings. The number of methoxy groups -OCH3 is 1. The summed E-state index contributed by atoms with van der Waals surface area (Å²) in [5.74, 6) is -2.86. The normalized spacial score (nSPS) is 11.8. The van der Waals surface area contributed by atoms with Gasteiger partial charge in [-0.3, -0.25) is 24.1 Å². The Morgan fingerprint density at radius 2 is 1.53 bits per heavy atom. The number of unbranched alkanes of at least 4 members (excludes halogenated alkanes) is 1. The number of carbonyl (C=O) groups excluding carboxylic acids is 1. The van der Waals surface area contributed by atoms with Gasteiger partial charge in [0.15, 0.2) is 0 Å². The number of nitrogens with two attached hydrogens (primary N) is 1. The van der Waals surface area contributed by atoms with Gasteiger partial charge in [0.1, 0.15) is 23.1 Å². The minimum Gasteiger partial charge on any atom is -0.496 e. The third-order valence-electron chi connectivity index (χ3n) is 9.60. The van der Waals surface area contributed by atoms with Crippen LogP contribution in [0.5, 0.6) is 5.75 Å². The van der Waals surface area contributed by atoms with Gasteiger partial charge in [0.2, 0.25) is 5.91 Å². The lowest BCUT2D eigenvalue weighted by Gasteiger charge is -2.32. The molecule has 1 amide bonds. The number of carbonyl (C=O) groups is 4. The van der Waals surface area contributed by atoms with E-state index >= 15 is 0 Å². The molecule has 2 aliphatic rings. The number of nitrogens with one attached hydrogen (secondary N) is 2. The average molecular weight is 761 g/mol. The lowest BCUT2D eigenvalue weighted by molar-refractivity contribution is -0.149. The number of rotatable bonds is 22. The summed E-state index contributed by atoms with van der Waals surface area (Å²) in [5, 5.41) is 40.1. The molecule has 55 heavy (non-hydrogen) atoms. The molecule has 0 fully saturated rings. The third kappa shape index (κ3) is 10.7. The van der Waals surface area contributed by atoms with Crippen LogP contribution >= 0.6 is 0 Å². The number of nitrogen functional groups attached to an aromatic ring is 1. The maximum absolute atomic E-state index is 12.8. The van der Waals surface area contributed by atoms with Crippen molar-refractivity contribution in [3.05, 3.63) is 53.9 Å². The molecule has 0 spiro atoms. The monoisotopic (exact) mass is 760 g/mol. The summed E-state index contributed by atoms with van der Waals surface area (Å²) >= 11 is 0. The molecule has 1 heterocycles. The van der Waals surface area contributed by atoms with Crippen molar-refractivity contribution in [3.63, 3.8) is 0 Å². The van der Waals surface area contributed by atoms with E-state index in [-0.39, 0.29) is 18.7 Å². The number of carboxylic acids is 3. The summed E-state index contributed by atoms with van der Waals surface area (Å²) in [6, 6.07) is 13.8. The molecule has 0 saturated heterocycles. The Bertz CT molecular complexity index is 2000. The van der Waals surface area contributed by atoms with Gasteiger partial charge in [0.05, 0.1) is 36.9 Å². The van der Waals surface area contributed by atoms with Crippen LogP contribution in [0, 0.1) is 5.41 Å². The fourth-order valence-corrected chi connectivity index (χ4v) is 6.93. The van der Waals surface area contributed by atoms with E-state index < -0.39 is 37.0 Å². The zero-order valence-corrected chi connectivity index (χ0v) is 31.9. The number of aliphatic carboxylic acids is 3. The highest BCUT2D eigenvalue weighted by Crippen LogP contribution is 2.47. The van der Waals surface area contributed by atoms with E-state index in [1.807, 2.05) is 24.3 Å². The smallest absolute Gasteiger partial charge is 0.320 e. The fourth-order valence-electron chi connectivity index (χ4n) is 6.93. The zero-order chi connectivity index (χ0) is 40.2. The molecule has 1 aliphatic heterocycles. The first-order valence-electron chi connectivity index (χ1n) is 18.5. The molecule has 0 radical (unpaired) electrons. The molecular formula is C40H52N6O9. The van der Waals surface area contributed by atoms with Crippen LogP contribution < -0.4 is 30.9 Å². The molecule has 296 valence electrons. The Labute approximate surface area is 320 Å². The average Bonchev–Trinajstić information content (AvgIpc) is 3.13. The highest BCUT2D eigenvalue weighted by molar-refractivity contribution is 6.05. The van der Waals surface area contributed by atoms with E-state index in [1.165, 1.54) is 0 Å². The first-order chi connectivity index (χ1) is 26.3.